The number of hydrogen-bond donors (Lipinski definition) is 2. The lowest BCUT2D eigenvalue weighted by molar-refractivity contribution is -0.137. The van der Waals surface area contributed by atoms with Gasteiger partial charge in [-0.2, -0.15) is 0 Å². The van der Waals surface area contributed by atoms with E-state index in [4.69, 9.17) is 0 Å². The van der Waals surface area contributed by atoms with Crippen molar-refractivity contribution in [3.63, 3.8) is 0 Å². The van der Waals surface area contributed by atoms with E-state index in [-0.39, 0.29) is 24.3 Å². The van der Waals surface area contributed by atoms with Gasteiger partial charge in [-0.1, -0.05) is 18.2 Å². The van der Waals surface area contributed by atoms with Gasteiger partial charge < -0.3 is 15.5 Å². The van der Waals surface area contributed by atoms with Crippen LogP contribution < -0.4 is 10.6 Å². The average molecular weight is 275 g/mol. The van der Waals surface area contributed by atoms with Crippen LogP contribution in [0.4, 0.5) is 5.69 Å². The highest BCUT2D eigenvalue weighted by molar-refractivity contribution is 5.94. The minimum atomic E-state index is -0.171. The van der Waals surface area contributed by atoms with Gasteiger partial charge in [0, 0.05) is 19.3 Å². The third-order valence-corrected chi connectivity index (χ3v) is 3.46. The summed E-state index contributed by atoms with van der Waals surface area (Å²) in [6, 6.07) is 9.26. The number of likely N-dealkylation sites (N-methyl/N-ethyl adjacent to an activating group) is 1. The molecule has 1 unspecified atom stereocenters. The van der Waals surface area contributed by atoms with Crippen LogP contribution in [0.3, 0.4) is 0 Å². The van der Waals surface area contributed by atoms with Crippen LogP contribution in [-0.2, 0) is 9.59 Å². The second-order valence-corrected chi connectivity index (χ2v) is 5.15. The van der Waals surface area contributed by atoms with Crippen LogP contribution in [0.5, 0.6) is 0 Å². The number of nitrogens with one attached hydrogen (secondary N) is 2. The fraction of sp³-hybridized carbons (Fsp3) is 0.467. The summed E-state index contributed by atoms with van der Waals surface area (Å²) in [5, 5.41) is 6.00. The van der Waals surface area contributed by atoms with Gasteiger partial charge in [0.05, 0.1) is 12.5 Å². The van der Waals surface area contributed by atoms with Gasteiger partial charge in [-0.25, -0.2) is 0 Å². The van der Waals surface area contributed by atoms with Crippen molar-refractivity contribution in [2.45, 2.75) is 12.8 Å². The minimum Gasteiger partial charge on any atom is -0.336 e. The monoisotopic (exact) mass is 275 g/mol. The van der Waals surface area contributed by atoms with Gasteiger partial charge >= 0.3 is 0 Å². The van der Waals surface area contributed by atoms with Gasteiger partial charge in [0.15, 0.2) is 0 Å². The van der Waals surface area contributed by atoms with Crippen molar-refractivity contribution in [1.29, 1.82) is 0 Å². The lowest BCUT2D eigenvalue weighted by atomic mass is 9.98. The van der Waals surface area contributed by atoms with Gasteiger partial charge in [-0.3, -0.25) is 9.59 Å². The number of carbonyl (C=O) groups is 2. The van der Waals surface area contributed by atoms with Crippen LogP contribution in [0.15, 0.2) is 30.3 Å². The van der Waals surface area contributed by atoms with Gasteiger partial charge in [-0.05, 0) is 31.5 Å². The standard InChI is InChI=1S/C15H21N3O2/c1-18(15(20)12-6-5-9-16-10-12)11-14(19)17-13-7-3-2-4-8-13/h2-4,7-8,12,16H,5-6,9-11H2,1H3,(H,17,19). The largest absolute Gasteiger partial charge is 0.336 e. The molecule has 1 aliphatic rings. The normalized spacial score (nSPS) is 18.4. The molecular weight excluding hydrogens is 254 g/mol. The third kappa shape index (κ3) is 4.06. The molecule has 5 nitrogen and oxygen atoms in total. The second-order valence-electron chi connectivity index (χ2n) is 5.15. The zero-order valence-corrected chi connectivity index (χ0v) is 11.8. The van der Waals surface area contributed by atoms with Crippen LogP contribution in [0.1, 0.15) is 12.8 Å². The molecule has 0 aliphatic carbocycles. The van der Waals surface area contributed by atoms with Crippen LogP contribution in [0.2, 0.25) is 0 Å². The fourth-order valence-corrected chi connectivity index (χ4v) is 2.39. The molecule has 0 bridgehead atoms. The average Bonchev–Trinajstić information content (AvgIpc) is 2.48. The summed E-state index contributed by atoms with van der Waals surface area (Å²) in [5.41, 5.74) is 0.748. The Balaban J connectivity index is 1.82. The summed E-state index contributed by atoms with van der Waals surface area (Å²) >= 11 is 0. The summed E-state index contributed by atoms with van der Waals surface area (Å²) < 4.78 is 0. The highest BCUT2D eigenvalue weighted by atomic mass is 16.2. The van der Waals surface area contributed by atoms with Crippen molar-refractivity contribution in [2.24, 2.45) is 5.92 Å². The fourth-order valence-electron chi connectivity index (χ4n) is 2.39. The Bertz CT molecular complexity index is 455. The van der Waals surface area contributed by atoms with E-state index >= 15 is 0 Å². The van der Waals surface area contributed by atoms with Crippen molar-refractivity contribution in [3.8, 4) is 0 Å². The Morgan fingerprint density at radius 3 is 2.75 bits per heavy atom. The Morgan fingerprint density at radius 2 is 2.10 bits per heavy atom. The smallest absolute Gasteiger partial charge is 0.243 e. The molecule has 1 fully saturated rings. The molecule has 2 rings (SSSR count). The lowest BCUT2D eigenvalue weighted by Gasteiger charge is -2.26. The van der Waals surface area contributed by atoms with Crippen LogP contribution in [-0.4, -0.2) is 43.4 Å². The predicted octanol–water partition coefficient (Wildman–Crippen LogP) is 1.08. The van der Waals surface area contributed by atoms with Crippen molar-refractivity contribution in [2.75, 3.05) is 32.0 Å². The first-order valence-corrected chi connectivity index (χ1v) is 6.97. The Labute approximate surface area is 119 Å². The molecule has 0 aromatic heterocycles. The molecule has 2 amide bonds. The molecule has 108 valence electrons. The number of carbonyl (C=O) groups excluding carboxylic acids is 2. The number of nitrogens with zero attached hydrogens (tertiary/aromatic N) is 1. The topological polar surface area (TPSA) is 61.4 Å². The van der Waals surface area contributed by atoms with Crippen LogP contribution in [0.25, 0.3) is 0 Å². The molecule has 0 radical (unpaired) electrons. The second kappa shape index (κ2) is 7.05. The highest BCUT2D eigenvalue weighted by Crippen LogP contribution is 2.12. The summed E-state index contributed by atoms with van der Waals surface area (Å²) in [5.74, 6) is -0.130. The Kier molecular flexibility index (Phi) is 5.12. The van der Waals surface area contributed by atoms with E-state index in [0.717, 1.165) is 25.1 Å². The van der Waals surface area contributed by atoms with E-state index in [1.54, 1.807) is 7.05 Å². The van der Waals surface area contributed by atoms with E-state index in [2.05, 4.69) is 10.6 Å². The van der Waals surface area contributed by atoms with E-state index in [1.807, 2.05) is 30.3 Å². The number of hydrogen-bond acceptors (Lipinski definition) is 3. The lowest BCUT2D eigenvalue weighted by Crippen LogP contribution is -2.43. The molecular formula is C15H21N3O2. The number of para-hydroxylation sites is 1. The molecule has 1 saturated heterocycles. The quantitative estimate of drug-likeness (QED) is 0.864. The molecule has 1 aromatic rings. The maximum Gasteiger partial charge on any atom is 0.243 e. The van der Waals surface area contributed by atoms with Gasteiger partial charge in [0.2, 0.25) is 11.8 Å². The van der Waals surface area contributed by atoms with Gasteiger partial charge in [0.1, 0.15) is 0 Å². The number of rotatable bonds is 4. The van der Waals surface area contributed by atoms with Crippen molar-refractivity contribution in [1.82, 2.24) is 10.2 Å². The van der Waals surface area contributed by atoms with E-state index in [1.165, 1.54) is 4.90 Å². The minimum absolute atomic E-state index is 0.00160. The first kappa shape index (κ1) is 14.5. The molecule has 0 spiro atoms. The van der Waals surface area contributed by atoms with E-state index < -0.39 is 0 Å². The van der Waals surface area contributed by atoms with Crippen molar-refractivity contribution in [3.05, 3.63) is 30.3 Å². The third-order valence-electron chi connectivity index (χ3n) is 3.46. The first-order valence-electron chi connectivity index (χ1n) is 6.97. The number of piperidine rings is 1. The van der Waals surface area contributed by atoms with Crippen LogP contribution >= 0.6 is 0 Å². The van der Waals surface area contributed by atoms with E-state index in [9.17, 15) is 9.59 Å². The predicted molar refractivity (Wildman–Crippen MR) is 78.3 cm³/mol. The summed E-state index contributed by atoms with van der Waals surface area (Å²) in [6.07, 6.45) is 1.91. The van der Waals surface area contributed by atoms with Crippen molar-refractivity contribution < 1.29 is 9.59 Å². The summed E-state index contributed by atoms with van der Waals surface area (Å²) in [6.45, 7) is 1.77. The number of anilines is 1. The molecule has 20 heavy (non-hydrogen) atoms. The summed E-state index contributed by atoms with van der Waals surface area (Å²) in [4.78, 5) is 25.6. The zero-order chi connectivity index (χ0) is 14.4. The molecule has 1 atom stereocenters. The maximum absolute atomic E-state index is 12.2. The van der Waals surface area contributed by atoms with E-state index in [0.29, 0.717) is 6.54 Å². The Morgan fingerprint density at radius 1 is 1.35 bits per heavy atom. The zero-order valence-electron chi connectivity index (χ0n) is 11.8. The number of amides is 2. The molecule has 1 heterocycles. The number of benzene rings is 1. The highest BCUT2D eigenvalue weighted by Gasteiger charge is 2.24. The van der Waals surface area contributed by atoms with Gasteiger partial charge in [0.25, 0.3) is 0 Å². The molecule has 1 aliphatic heterocycles. The Hall–Kier alpha value is -1.88. The molecule has 5 heteroatoms. The summed E-state index contributed by atoms with van der Waals surface area (Å²) in [7, 11) is 1.68. The maximum atomic E-state index is 12.2. The van der Waals surface area contributed by atoms with Gasteiger partial charge in [-0.15, -0.1) is 0 Å². The molecule has 0 saturated carbocycles. The van der Waals surface area contributed by atoms with Crippen molar-refractivity contribution >= 4 is 17.5 Å². The first-order chi connectivity index (χ1) is 9.66. The van der Waals surface area contributed by atoms with Crippen LogP contribution in [0, 0.1) is 5.92 Å². The SMILES string of the molecule is CN(CC(=O)Nc1ccccc1)C(=O)C1CCCNC1. The molecule has 1 aromatic carbocycles. The molecule has 2 N–H and O–H groups in total.